The van der Waals surface area contributed by atoms with E-state index in [1.807, 2.05) is 0 Å². The molecule has 0 bridgehead atoms. The molecule has 1 aromatic carbocycles. The average molecular weight is 267 g/mol. The van der Waals surface area contributed by atoms with Crippen molar-refractivity contribution in [3.8, 4) is 0 Å². The normalized spacial score (nSPS) is 15.6. The third-order valence-electron chi connectivity index (χ3n) is 2.24. The van der Waals surface area contributed by atoms with Crippen molar-refractivity contribution in [1.82, 2.24) is 0 Å². The van der Waals surface area contributed by atoms with E-state index in [1.165, 1.54) is 18.2 Å². The molecule has 1 nitrogen and oxygen atoms in total. The van der Waals surface area contributed by atoms with Crippen LogP contribution in [0.2, 0.25) is 0 Å². The molecule has 6 heteroatoms. The number of hydrogen-bond donors (Lipinski definition) is 1. The molecular weight excluding hydrogens is 254 g/mol. The highest BCUT2D eigenvalue weighted by Gasteiger charge is 2.43. The second kappa shape index (κ2) is 5.73. The minimum Gasteiger partial charge on any atom is -0.326 e. The highest BCUT2D eigenvalue weighted by Crippen LogP contribution is 2.37. The van der Waals surface area contributed by atoms with Crippen LogP contribution in [0.25, 0.3) is 0 Å². The maximum atomic E-state index is 12.9. The first-order chi connectivity index (χ1) is 7.84. The van der Waals surface area contributed by atoms with Gasteiger partial charge in [0.1, 0.15) is 11.1 Å². The smallest absolute Gasteiger partial charge is 0.326 e. The molecule has 2 N–H and O–H groups in total. The molecule has 0 aliphatic rings. The van der Waals surface area contributed by atoms with Gasteiger partial charge in [-0.05, 0) is 24.6 Å². The van der Waals surface area contributed by atoms with Crippen molar-refractivity contribution in [2.24, 2.45) is 5.73 Å². The molecule has 96 valence electrons. The minimum atomic E-state index is -4.40. The lowest BCUT2D eigenvalue weighted by atomic mass is 10.1. The Morgan fingerprint density at radius 2 is 2.00 bits per heavy atom. The summed E-state index contributed by atoms with van der Waals surface area (Å²) in [6.07, 6.45) is -4.18. The Kier molecular flexibility index (Phi) is 4.82. The molecule has 0 aromatic heterocycles. The van der Waals surface area contributed by atoms with Gasteiger partial charge in [-0.25, -0.2) is 4.39 Å². The van der Waals surface area contributed by atoms with Crippen LogP contribution in [-0.4, -0.2) is 17.5 Å². The molecule has 0 saturated heterocycles. The fraction of sp³-hybridized carbons (Fsp3) is 0.455. The number of nitrogens with two attached hydrogens (primary N) is 1. The molecule has 0 saturated carbocycles. The van der Waals surface area contributed by atoms with Crippen molar-refractivity contribution in [3.63, 3.8) is 0 Å². The van der Waals surface area contributed by atoms with Crippen LogP contribution in [0.3, 0.4) is 0 Å². The molecule has 0 radical (unpaired) electrons. The summed E-state index contributed by atoms with van der Waals surface area (Å²) in [7, 11) is 0. The molecule has 2 atom stereocenters. The zero-order chi connectivity index (χ0) is 13.1. The molecular formula is C11H13F4NS. The zero-order valence-electron chi connectivity index (χ0n) is 9.17. The van der Waals surface area contributed by atoms with Crippen LogP contribution < -0.4 is 5.73 Å². The van der Waals surface area contributed by atoms with E-state index in [2.05, 4.69) is 0 Å². The van der Waals surface area contributed by atoms with Gasteiger partial charge >= 0.3 is 6.18 Å². The van der Waals surface area contributed by atoms with E-state index in [9.17, 15) is 17.6 Å². The Labute approximate surface area is 101 Å². The van der Waals surface area contributed by atoms with Crippen LogP contribution >= 0.6 is 11.8 Å². The van der Waals surface area contributed by atoms with Crippen LogP contribution in [0.5, 0.6) is 0 Å². The second-order valence-electron chi connectivity index (χ2n) is 3.61. The minimum absolute atomic E-state index is 0.215. The van der Waals surface area contributed by atoms with Gasteiger partial charge in [0.15, 0.2) is 0 Å². The molecule has 0 aliphatic heterocycles. The average Bonchev–Trinajstić information content (AvgIpc) is 2.23. The van der Waals surface area contributed by atoms with Gasteiger partial charge in [0.05, 0.1) is 0 Å². The molecule has 1 rings (SSSR count). The van der Waals surface area contributed by atoms with E-state index < -0.39 is 23.3 Å². The monoisotopic (exact) mass is 267 g/mol. The molecule has 0 heterocycles. The zero-order valence-corrected chi connectivity index (χ0v) is 9.99. The van der Waals surface area contributed by atoms with Gasteiger partial charge in [0, 0.05) is 10.9 Å². The van der Waals surface area contributed by atoms with Crippen molar-refractivity contribution in [2.45, 2.75) is 35.7 Å². The van der Waals surface area contributed by atoms with E-state index in [0.29, 0.717) is 11.8 Å². The van der Waals surface area contributed by atoms with Crippen molar-refractivity contribution in [2.75, 3.05) is 0 Å². The van der Waals surface area contributed by atoms with Gasteiger partial charge < -0.3 is 5.73 Å². The van der Waals surface area contributed by atoms with Gasteiger partial charge in [-0.3, -0.25) is 0 Å². The van der Waals surface area contributed by atoms with Crippen LogP contribution in [-0.2, 0) is 0 Å². The molecule has 17 heavy (non-hydrogen) atoms. The van der Waals surface area contributed by atoms with Crippen LogP contribution in [0.1, 0.15) is 13.3 Å². The third kappa shape index (κ3) is 4.20. The number of rotatable bonds is 4. The molecule has 0 aliphatic carbocycles. The Morgan fingerprint density at radius 3 is 2.47 bits per heavy atom. The second-order valence-corrected chi connectivity index (χ2v) is 4.82. The molecule has 2 unspecified atom stereocenters. The Bertz CT molecular complexity index is 367. The molecule has 1 aromatic rings. The summed E-state index contributed by atoms with van der Waals surface area (Å²) in [4.78, 5) is 0.233. The molecule has 0 fully saturated rings. The predicted molar refractivity (Wildman–Crippen MR) is 60.4 cm³/mol. The summed E-state index contributed by atoms with van der Waals surface area (Å²) in [6.45, 7) is 1.59. The van der Waals surface area contributed by atoms with Crippen LogP contribution in [0.4, 0.5) is 17.6 Å². The Hall–Kier alpha value is -0.750. The third-order valence-corrected chi connectivity index (χ3v) is 3.64. The fourth-order valence-electron chi connectivity index (χ4n) is 1.30. The quantitative estimate of drug-likeness (QED) is 0.666. The van der Waals surface area contributed by atoms with Crippen molar-refractivity contribution < 1.29 is 17.6 Å². The topological polar surface area (TPSA) is 26.0 Å². The van der Waals surface area contributed by atoms with E-state index in [1.54, 1.807) is 6.92 Å². The summed E-state index contributed by atoms with van der Waals surface area (Å²) < 4.78 is 51.1. The van der Waals surface area contributed by atoms with Gasteiger partial charge in [-0.1, -0.05) is 13.0 Å². The fourth-order valence-corrected chi connectivity index (χ4v) is 2.43. The molecule has 0 amide bonds. The summed E-state index contributed by atoms with van der Waals surface area (Å²) in [5.41, 5.74) is 5.45. The van der Waals surface area contributed by atoms with E-state index in [-0.39, 0.29) is 11.3 Å². The van der Waals surface area contributed by atoms with E-state index in [4.69, 9.17) is 5.73 Å². The van der Waals surface area contributed by atoms with Gasteiger partial charge in [-0.15, -0.1) is 11.8 Å². The van der Waals surface area contributed by atoms with Crippen molar-refractivity contribution >= 4 is 11.8 Å². The highest BCUT2D eigenvalue weighted by atomic mass is 32.2. The lowest BCUT2D eigenvalue weighted by Gasteiger charge is -2.24. The van der Waals surface area contributed by atoms with Crippen LogP contribution in [0.15, 0.2) is 29.2 Å². The largest absolute Gasteiger partial charge is 0.402 e. The van der Waals surface area contributed by atoms with Gasteiger partial charge in [0.2, 0.25) is 0 Å². The Morgan fingerprint density at radius 1 is 1.35 bits per heavy atom. The summed E-state index contributed by atoms with van der Waals surface area (Å²) in [6, 6.07) is 4.08. The number of alkyl halides is 3. The van der Waals surface area contributed by atoms with Crippen molar-refractivity contribution in [3.05, 3.63) is 30.1 Å². The maximum Gasteiger partial charge on any atom is 0.402 e. The first-order valence-electron chi connectivity index (χ1n) is 5.09. The molecule has 0 spiro atoms. The lowest BCUT2D eigenvalue weighted by Crippen LogP contribution is -2.42. The van der Waals surface area contributed by atoms with E-state index >= 15 is 0 Å². The number of halogens is 4. The standard InChI is InChI=1S/C11H13F4NS/c1-2-9(16)10(11(13,14)15)17-8-5-3-4-7(12)6-8/h3-6,9-10H,2,16H2,1H3. The first kappa shape index (κ1) is 14.3. The Balaban J connectivity index is 2.87. The maximum absolute atomic E-state index is 12.9. The first-order valence-corrected chi connectivity index (χ1v) is 5.97. The summed E-state index contributed by atoms with van der Waals surface area (Å²) in [5.74, 6) is -0.555. The SMILES string of the molecule is CCC(N)C(Sc1cccc(F)c1)C(F)(F)F. The number of hydrogen-bond acceptors (Lipinski definition) is 2. The van der Waals surface area contributed by atoms with Crippen molar-refractivity contribution in [1.29, 1.82) is 0 Å². The number of thioether (sulfide) groups is 1. The van der Waals surface area contributed by atoms with Gasteiger partial charge in [-0.2, -0.15) is 13.2 Å². The predicted octanol–water partition coefficient (Wildman–Crippen LogP) is 3.59. The lowest BCUT2D eigenvalue weighted by molar-refractivity contribution is -0.132. The van der Waals surface area contributed by atoms with Gasteiger partial charge in [0.25, 0.3) is 0 Å². The van der Waals surface area contributed by atoms with E-state index in [0.717, 1.165) is 6.07 Å². The highest BCUT2D eigenvalue weighted by molar-refractivity contribution is 8.00. The number of benzene rings is 1. The summed E-state index contributed by atoms with van der Waals surface area (Å²) >= 11 is 0.552. The van der Waals surface area contributed by atoms with Crippen LogP contribution in [0, 0.1) is 5.82 Å². The summed E-state index contributed by atoms with van der Waals surface area (Å²) in [5, 5.41) is -1.71.